The quantitative estimate of drug-likeness (QED) is 0.370. The molecule has 3 atom stereocenters. The number of anilines is 1. The van der Waals surface area contributed by atoms with Gasteiger partial charge in [-0.25, -0.2) is 22.0 Å². The van der Waals surface area contributed by atoms with Crippen LogP contribution in [0.3, 0.4) is 0 Å². The first-order valence-corrected chi connectivity index (χ1v) is 15.1. The lowest BCUT2D eigenvalue weighted by Gasteiger charge is -2.31. The molecule has 0 bridgehead atoms. The van der Waals surface area contributed by atoms with Gasteiger partial charge in [0.1, 0.15) is 42.6 Å². The van der Waals surface area contributed by atoms with E-state index in [9.17, 15) is 22.8 Å². The lowest BCUT2D eigenvalue weighted by atomic mass is 9.92. The van der Waals surface area contributed by atoms with Crippen LogP contribution in [0.15, 0.2) is 17.8 Å². The van der Waals surface area contributed by atoms with Gasteiger partial charge in [0.05, 0.1) is 34.1 Å². The van der Waals surface area contributed by atoms with E-state index in [0.717, 1.165) is 19.0 Å². The lowest BCUT2D eigenvalue weighted by molar-refractivity contribution is 0.0205. The first-order chi connectivity index (χ1) is 21.5. The smallest absolute Gasteiger partial charge is 0.319 e. The maximum Gasteiger partial charge on any atom is 0.319 e. The number of ether oxygens (including phenoxy) is 2. The SMILES string of the molecule is N#CC1=C(N)Cc2c(F)ccc(-c3c(Cl)c4c5c(nc(OC[C@@]67CCCN6C[C@H](F)C7)nc5c3F)N3CC(F)(F)C[C@H]3CO4)c21. The van der Waals surface area contributed by atoms with Crippen molar-refractivity contribution < 1.29 is 31.4 Å². The first kappa shape index (κ1) is 28.6. The molecule has 234 valence electrons. The largest absolute Gasteiger partial charge is 0.489 e. The number of nitriles is 1. The van der Waals surface area contributed by atoms with Gasteiger partial charge in [-0.3, -0.25) is 4.90 Å². The van der Waals surface area contributed by atoms with Gasteiger partial charge >= 0.3 is 6.01 Å². The van der Waals surface area contributed by atoms with E-state index in [1.807, 2.05) is 11.0 Å². The summed E-state index contributed by atoms with van der Waals surface area (Å²) in [5, 5.41) is 9.64. The summed E-state index contributed by atoms with van der Waals surface area (Å²) in [6.07, 6.45) is 0.271. The van der Waals surface area contributed by atoms with Crippen LogP contribution < -0.4 is 20.1 Å². The van der Waals surface area contributed by atoms with Crippen LogP contribution >= 0.6 is 11.6 Å². The minimum atomic E-state index is -3.05. The molecule has 8 rings (SSSR count). The second-order valence-electron chi connectivity index (χ2n) is 12.5. The molecule has 4 aliphatic heterocycles. The maximum absolute atomic E-state index is 16.9. The minimum Gasteiger partial charge on any atom is -0.489 e. The fourth-order valence-electron chi connectivity index (χ4n) is 7.86. The fourth-order valence-corrected chi connectivity index (χ4v) is 8.19. The Morgan fingerprint density at radius 2 is 2.02 bits per heavy atom. The molecule has 3 saturated heterocycles. The Hall–Kier alpha value is -3.89. The lowest BCUT2D eigenvalue weighted by Crippen LogP contribution is -2.43. The van der Waals surface area contributed by atoms with E-state index in [0.29, 0.717) is 13.0 Å². The molecule has 3 fully saturated rings. The number of aromatic nitrogens is 2. The van der Waals surface area contributed by atoms with Crippen molar-refractivity contribution in [1.82, 2.24) is 14.9 Å². The van der Waals surface area contributed by atoms with E-state index in [1.165, 1.54) is 11.0 Å². The first-order valence-electron chi connectivity index (χ1n) is 14.7. The summed E-state index contributed by atoms with van der Waals surface area (Å²) in [6, 6.07) is 3.37. The third-order valence-electron chi connectivity index (χ3n) is 9.82. The van der Waals surface area contributed by atoms with Gasteiger partial charge in [-0.1, -0.05) is 17.7 Å². The molecule has 2 N–H and O–H groups in total. The molecule has 5 aliphatic rings. The second-order valence-corrected chi connectivity index (χ2v) is 12.9. The number of fused-ring (bicyclic) bond motifs is 4. The third kappa shape index (κ3) is 4.18. The van der Waals surface area contributed by atoms with Crippen molar-refractivity contribution >= 4 is 33.9 Å². The molecule has 0 radical (unpaired) electrons. The normalized spacial score (nSPS) is 26.5. The van der Waals surface area contributed by atoms with Gasteiger partial charge in [-0.15, -0.1) is 0 Å². The van der Waals surface area contributed by atoms with E-state index in [-0.39, 0.29) is 93.1 Å². The molecular weight excluding hydrogens is 619 g/mol. The Labute approximate surface area is 259 Å². The van der Waals surface area contributed by atoms with Crippen LogP contribution in [0.4, 0.5) is 27.8 Å². The van der Waals surface area contributed by atoms with Crippen molar-refractivity contribution in [2.75, 3.05) is 37.7 Å². The van der Waals surface area contributed by atoms with Crippen molar-refractivity contribution in [2.45, 2.75) is 55.8 Å². The number of allylic oxidation sites excluding steroid dienone is 2. The Bertz CT molecular complexity index is 1880. The Kier molecular flexibility index (Phi) is 6.22. The van der Waals surface area contributed by atoms with Gasteiger partial charge in [0, 0.05) is 48.2 Å². The zero-order valence-electron chi connectivity index (χ0n) is 23.8. The van der Waals surface area contributed by atoms with Crippen LogP contribution in [0, 0.1) is 23.0 Å². The molecule has 1 aromatic heterocycles. The van der Waals surface area contributed by atoms with E-state index in [2.05, 4.69) is 9.97 Å². The van der Waals surface area contributed by atoms with E-state index in [1.54, 1.807) is 0 Å². The van der Waals surface area contributed by atoms with Gasteiger partial charge in [-0.05, 0) is 31.0 Å². The van der Waals surface area contributed by atoms with Crippen molar-refractivity contribution in [3.63, 3.8) is 0 Å². The summed E-state index contributed by atoms with van der Waals surface area (Å²) < 4.78 is 87.7. The summed E-state index contributed by atoms with van der Waals surface area (Å²) in [7, 11) is 0. The number of nitrogens with zero attached hydrogens (tertiary/aromatic N) is 5. The maximum atomic E-state index is 16.9. The van der Waals surface area contributed by atoms with Crippen molar-refractivity contribution in [2.24, 2.45) is 5.73 Å². The van der Waals surface area contributed by atoms with Gasteiger partial charge < -0.3 is 20.1 Å². The van der Waals surface area contributed by atoms with Crippen LogP contribution in [0.25, 0.3) is 27.6 Å². The zero-order chi connectivity index (χ0) is 31.4. The average Bonchev–Trinajstić information content (AvgIpc) is 3.69. The highest BCUT2D eigenvalue weighted by Gasteiger charge is 2.50. The third-order valence-corrected chi connectivity index (χ3v) is 10.2. The molecule has 0 unspecified atom stereocenters. The monoisotopic (exact) mass is 644 g/mol. The Morgan fingerprint density at radius 3 is 2.82 bits per heavy atom. The predicted octanol–water partition coefficient (Wildman–Crippen LogP) is 5.54. The number of rotatable bonds is 4. The molecule has 2 aromatic carbocycles. The standard InChI is InChI=1S/C31H26ClF5N6O2/c32-24-22(16-2-3-19(34)17-6-20(39)18(9-38)21(16)17)25(35)26-23-27(24)44-11-15-8-31(36,37)12-43(15)28(23)41-29(40-26)45-13-30-4-1-5-42(30)10-14(33)7-30/h2-3,14-15H,1,4-8,10-13,39H2/t14-,15+,30+/m1/s1. The molecule has 3 aromatic rings. The summed E-state index contributed by atoms with van der Waals surface area (Å²) >= 11 is 6.86. The highest BCUT2D eigenvalue weighted by atomic mass is 35.5. The molecule has 8 nitrogen and oxygen atoms in total. The van der Waals surface area contributed by atoms with Crippen LogP contribution in [-0.2, 0) is 6.42 Å². The van der Waals surface area contributed by atoms with Crippen molar-refractivity contribution in [3.05, 3.63) is 45.6 Å². The van der Waals surface area contributed by atoms with Crippen LogP contribution in [0.2, 0.25) is 5.02 Å². The van der Waals surface area contributed by atoms with Crippen LogP contribution in [-0.4, -0.2) is 71.4 Å². The van der Waals surface area contributed by atoms with Gasteiger partial charge in [0.25, 0.3) is 5.92 Å². The number of alkyl halides is 3. The number of nitrogens with two attached hydrogens (primary N) is 1. The molecule has 14 heteroatoms. The highest BCUT2D eigenvalue weighted by molar-refractivity contribution is 6.37. The van der Waals surface area contributed by atoms with Crippen LogP contribution in [0.5, 0.6) is 11.8 Å². The van der Waals surface area contributed by atoms with Crippen molar-refractivity contribution in [3.8, 4) is 29.0 Å². The van der Waals surface area contributed by atoms with Gasteiger partial charge in [0.15, 0.2) is 11.6 Å². The molecule has 0 saturated carbocycles. The molecular formula is C31H26ClF5N6O2. The molecule has 5 heterocycles. The second kappa shape index (κ2) is 9.80. The number of halogens is 6. The predicted molar refractivity (Wildman–Crippen MR) is 155 cm³/mol. The van der Waals surface area contributed by atoms with Gasteiger partial charge in [0.2, 0.25) is 0 Å². The molecule has 1 aliphatic carbocycles. The zero-order valence-corrected chi connectivity index (χ0v) is 24.5. The fraction of sp³-hybridized carbons (Fsp3) is 0.452. The van der Waals surface area contributed by atoms with Crippen molar-refractivity contribution in [1.29, 1.82) is 5.26 Å². The molecule has 0 amide bonds. The number of hydrogen-bond donors (Lipinski definition) is 1. The van der Waals surface area contributed by atoms with E-state index < -0.39 is 48.3 Å². The minimum absolute atomic E-state index is 0.000210. The number of benzene rings is 2. The summed E-state index contributed by atoms with van der Waals surface area (Å²) in [5.41, 5.74) is 5.46. The molecule has 45 heavy (non-hydrogen) atoms. The average molecular weight is 645 g/mol. The van der Waals surface area contributed by atoms with Crippen LogP contribution in [0.1, 0.15) is 36.8 Å². The van der Waals surface area contributed by atoms with Gasteiger partial charge in [-0.2, -0.15) is 15.2 Å². The summed E-state index contributed by atoms with van der Waals surface area (Å²) in [4.78, 5) is 12.3. The Balaban J connectivity index is 1.33. The van der Waals surface area contributed by atoms with E-state index >= 15 is 4.39 Å². The topological polar surface area (TPSA) is 101 Å². The molecule has 0 spiro atoms. The highest BCUT2D eigenvalue weighted by Crippen LogP contribution is 2.52. The summed E-state index contributed by atoms with van der Waals surface area (Å²) in [6.45, 7) is 0.164. The number of hydrogen-bond acceptors (Lipinski definition) is 8. The Morgan fingerprint density at radius 1 is 1.20 bits per heavy atom. The van der Waals surface area contributed by atoms with E-state index in [4.69, 9.17) is 26.8 Å². The summed E-state index contributed by atoms with van der Waals surface area (Å²) in [5.74, 6) is -4.66.